The van der Waals surface area contributed by atoms with Crippen LogP contribution in [0.2, 0.25) is 0 Å². The van der Waals surface area contributed by atoms with Gasteiger partial charge in [0.25, 0.3) is 5.56 Å². The van der Waals surface area contributed by atoms with E-state index in [9.17, 15) is 24.9 Å². The van der Waals surface area contributed by atoms with Crippen molar-refractivity contribution in [3.8, 4) is 0 Å². The molecule has 0 radical (unpaired) electrons. The van der Waals surface area contributed by atoms with Crippen LogP contribution in [0, 0.1) is 6.92 Å². The number of H-pyrrole nitrogens is 1. The highest BCUT2D eigenvalue weighted by Gasteiger charge is 2.53. The van der Waals surface area contributed by atoms with Gasteiger partial charge in [-0.3, -0.25) is 9.36 Å². The first-order chi connectivity index (χ1) is 10.8. The molecule has 0 saturated carbocycles. The van der Waals surface area contributed by atoms with Gasteiger partial charge in [0.05, 0.1) is 6.61 Å². The van der Waals surface area contributed by atoms with Crippen molar-refractivity contribution in [2.75, 3.05) is 6.61 Å². The van der Waals surface area contributed by atoms with Crippen molar-refractivity contribution in [2.45, 2.75) is 37.9 Å². The summed E-state index contributed by atoms with van der Waals surface area (Å²) in [4.78, 5) is 30.1. The molecule has 4 N–H and O–H groups in total. The molecule has 9 heteroatoms. The molecule has 4 atom stereocenters. The number of hydrogen-bond acceptors (Lipinski definition) is 7. The van der Waals surface area contributed by atoms with Crippen LogP contribution in [0.1, 0.15) is 18.7 Å². The van der Waals surface area contributed by atoms with Crippen LogP contribution in [0.4, 0.5) is 0 Å². The van der Waals surface area contributed by atoms with Gasteiger partial charge in [-0.15, -0.1) is 0 Å². The van der Waals surface area contributed by atoms with Crippen molar-refractivity contribution in [2.24, 2.45) is 0 Å². The molecule has 2 aromatic heterocycles. The summed E-state index contributed by atoms with van der Waals surface area (Å²) >= 11 is 0. The van der Waals surface area contributed by atoms with E-state index >= 15 is 0 Å². The molecule has 124 valence electrons. The van der Waals surface area contributed by atoms with Gasteiger partial charge in [0, 0.05) is 17.1 Å². The number of aromatic amines is 1. The lowest BCUT2D eigenvalue weighted by molar-refractivity contribution is -0.0985. The molecule has 0 bridgehead atoms. The highest BCUT2D eigenvalue weighted by molar-refractivity contribution is 5.73. The Kier molecular flexibility index (Phi) is 3.60. The Hall–Kier alpha value is -2.07. The fraction of sp³-hybridized carbons (Fsp3) is 0.500. The lowest BCUT2D eigenvalue weighted by Gasteiger charge is -2.27. The normalized spacial score (nSPS) is 30.9. The number of aliphatic hydroxyl groups is 3. The van der Waals surface area contributed by atoms with E-state index in [-0.39, 0.29) is 11.2 Å². The summed E-state index contributed by atoms with van der Waals surface area (Å²) < 4.78 is 6.45. The zero-order valence-corrected chi connectivity index (χ0v) is 12.6. The first-order valence-electron chi connectivity index (χ1n) is 7.05. The van der Waals surface area contributed by atoms with Crippen LogP contribution in [0.5, 0.6) is 0 Å². The van der Waals surface area contributed by atoms with Gasteiger partial charge in [-0.2, -0.15) is 4.98 Å². The fourth-order valence-electron chi connectivity index (χ4n) is 2.75. The maximum Gasteiger partial charge on any atom is 0.351 e. The quantitative estimate of drug-likeness (QED) is 0.522. The molecule has 0 amide bonds. The second kappa shape index (κ2) is 5.24. The lowest BCUT2D eigenvalue weighted by Crippen LogP contribution is -2.46. The van der Waals surface area contributed by atoms with E-state index < -0.39 is 36.3 Å². The number of nitrogens with one attached hydrogen (secondary N) is 1. The Morgan fingerprint density at radius 3 is 2.78 bits per heavy atom. The smallest absolute Gasteiger partial charge is 0.351 e. The monoisotopic (exact) mass is 323 g/mol. The highest BCUT2D eigenvalue weighted by Crippen LogP contribution is 2.37. The van der Waals surface area contributed by atoms with Crippen molar-refractivity contribution in [3.63, 3.8) is 0 Å². The second-order valence-electron chi connectivity index (χ2n) is 5.90. The van der Waals surface area contributed by atoms with E-state index in [1.165, 1.54) is 13.1 Å². The molecule has 3 heterocycles. The molecule has 1 aliphatic rings. The first kappa shape index (κ1) is 15.8. The molecule has 1 saturated heterocycles. The van der Waals surface area contributed by atoms with Gasteiger partial charge in [-0.1, -0.05) is 0 Å². The van der Waals surface area contributed by atoms with Crippen LogP contribution in [-0.4, -0.2) is 54.3 Å². The van der Waals surface area contributed by atoms with Crippen LogP contribution in [0.3, 0.4) is 0 Å². The molecule has 1 aliphatic heterocycles. The summed E-state index contributed by atoms with van der Waals surface area (Å²) in [7, 11) is 0. The molecule has 0 spiro atoms. The Balaban J connectivity index is 2.17. The van der Waals surface area contributed by atoms with E-state index in [4.69, 9.17) is 4.74 Å². The van der Waals surface area contributed by atoms with E-state index in [2.05, 4.69) is 9.97 Å². The molecule has 0 aliphatic carbocycles. The number of aromatic nitrogens is 3. The van der Waals surface area contributed by atoms with Crippen LogP contribution in [0.25, 0.3) is 11.0 Å². The van der Waals surface area contributed by atoms with Crippen molar-refractivity contribution in [3.05, 3.63) is 38.7 Å². The SMILES string of the molecule is Cc1cc2cn([C@@H]3O[C@H](CO)[C@@H](O)[C@@]3(C)O)c(=O)nc2[nH]c1=O. The number of rotatable bonds is 2. The van der Waals surface area contributed by atoms with E-state index in [0.29, 0.717) is 10.9 Å². The van der Waals surface area contributed by atoms with Gasteiger partial charge < -0.3 is 25.0 Å². The minimum atomic E-state index is -1.79. The van der Waals surface area contributed by atoms with E-state index in [1.807, 2.05) is 0 Å². The average molecular weight is 323 g/mol. The van der Waals surface area contributed by atoms with Crippen LogP contribution < -0.4 is 11.2 Å². The summed E-state index contributed by atoms with van der Waals surface area (Å²) in [5.74, 6) is 0. The fourth-order valence-corrected chi connectivity index (χ4v) is 2.75. The number of pyridine rings is 1. The molecule has 0 aromatic carbocycles. The standard InChI is InChI=1S/C14H17N3O6/c1-6-3-7-4-17(13(21)16-10(7)15-11(6)20)12-14(2,22)9(19)8(5-18)23-12/h3-4,8-9,12,18-19,22H,5H2,1-2H3,(H,15,16,20,21)/t8-,9-,12-,14-/m1/s1. The Bertz CT molecular complexity index is 871. The van der Waals surface area contributed by atoms with E-state index in [0.717, 1.165) is 4.57 Å². The van der Waals surface area contributed by atoms with Gasteiger partial charge in [0.1, 0.15) is 23.5 Å². The van der Waals surface area contributed by atoms with Gasteiger partial charge >= 0.3 is 5.69 Å². The molecule has 3 rings (SSSR count). The minimum Gasteiger partial charge on any atom is -0.394 e. The number of aliphatic hydroxyl groups excluding tert-OH is 2. The molecule has 23 heavy (non-hydrogen) atoms. The Morgan fingerprint density at radius 2 is 2.17 bits per heavy atom. The van der Waals surface area contributed by atoms with Crippen LogP contribution in [0.15, 0.2) is 21.9 Å². The predicted molar refractivity (Wildman–Crippen MR) is 79.0 cm³/mol. The molecular formula is C14H17N3O6. The highest BCUT2D eigenvalue weighted by atomic mass is 16.6. The third-order valence-corrected chi connectivity index (χ3v) is 4.13. The summed E-state index contributed by atoms with van der Waals surface area (Å²) in [5, 5.41) is 30.1. The Labute approximate surface area is 129 Å². The molecule has 1 fully saturated rings. The topological polar surface area (TPSA) is 138 Å². The number of nitrogens with zero attached hydrogens (tertiary/aromatic N) is 2. The van der Waals surface area contributed by atoms with Crippen molar-refractivity contribution in [1.82, 2.24) is 14.5 Å². The Morgan fingerprint density at radius 1 is 1.48 bits per heavy atom. The van der Waals surface area contributed by atoms with Crippen molar-refractivity contribution < 1.29 is 20.1 Å². The van der Waals surface area contributed by atoms with Gasteiger partial charge in [-0.25, -0.2) is 4.79 Å². The van der Waals surface area contributed by atoms with Gasteiger partial charge in [0.2, 0.25) is 0 Å². The first-order valence-corrected chi connectivity index (χ1v) is 7.05. The molecule has 9 nitrogen and oxygen atoms in total. The summed E-state index contributed by atoms with van der Waals surface area (Å²) in [6.45, 7) is 2.42. The average Bonchev–Trinajstić information content (AvgIpc) is 2.71. The zero-order valence-electron chi connectivity index (χ0n) is 12.6. The van der Waals surface area contributed by atoms with Crippen LogP contribution >= 0.6 is 0 Å². The summed E-state index contributed by atoms with van der Waals surface area (Å²) in [5.41, 5.74) is -2.32. The molecule has 2 aromatic rings. The third kappa shape index (κ3) is 2.38. The molecular weight excluding hydrogens is 306 g/mol. The predicted octanol–water partition coefficient (Wildman–Crippen LogP) is -1.61. The maximum absolute atomic E-state index is 12.2. The van der Waals surface area contributed by atoms with Crippen LogP contribution in [-0.2, 0) is 4.74 Å². The number of aryl methyl sites for hydroxylation is 1. The van der Waals surface area contributed by atoms with Gasteiger partial charge in [-0.05, 0) is 19.9 Å². The number of ether oxygens (including phenoxy) is 1. The van der Waals surface area contributed by atoms with Gasteiger partial charge in [0.15, 0.2) is 6.23 Å². The second-order valence-corrected chi connectivity index (χ2v) is 5.90. The maximum atomic E-state index is 12.2. The number of hydrogen-bond donors (Lipinski definition) is 4. The summed E-state index contributed by atoms with van der Waals surface area (Å²) in [6, 6.07) is 1.56. The largest absolute Gasteiger partial charge is 0.394 e. The van der Waals surface area contributed by atoms with Crippen molar-refractivity contribution >= 4 is 11.0 Å². The number of fused-ring (bicyclic) bond motifs is 1. The lowest BCUT2D eigenvalue weighted by atomic mass is 9.96. The molecule has 0 unspecified atom stereocenters. The third-order valence-electron chi connectivity index (χ3n) is 4.13. The zero-order chi connectivity index (χ0) is 16.9. The minimum absolute atomic E-state index is 0.124. The van der Waals surface area contributed by atoms with E-state index in [1.54, 1.807) is 13.0 Å². The summed E-state index contributed by atoms with van der Waals surface area (Å²) in [6.07, 6.45) is -2.21. The van der Waals surface area contributed by atoms with Crippen molar-refractivity contribution in [1.29, 1.82) is 0 Å².